The van der Waals surface area contributed by atoms with E-state index >= 15 is 0 Å². The highest BCUT2D eigenvalue weighted by Gasteiger charge is 2.11. The summed E-state index contributed by atoms with van der Waals surface area (Å²) in [5, 5.41) is 2.72. The summed E-state index contributed by atoms with van der Waals surface area (Å²) >= 11 is 0. The molecule has 0 radical (unpaired) electrons. The summed E-state index contributed by atoms with van der Waals surface area (Å²) in [5.74, 6) is -0.322. The van der Waals surface area contributed by atoms with Crippen LogP contribution in [0.15, 0.2) is 0 Å². The van der Waals surface area contributed by atoms with Crippen LogP contribution in [0.2, 0.25) is 0 Å². The van der Waals surface area contributed by atoms with E-state index in [1.807, 2.05) is 11.8 Å². The van der Waals surface area contributed by atoms with Crippen molar-refractivity contribution in [2.24, 2.45) is 0 Å². The van der Waals surface area contributed by atoms with E-state index in [0.29, 0.717) is 26.2 Å². The second-order valence-electron chi connectivity index (χ2n) is 3.55. The summed E-state index contributed by atoms with van der Waals surface area (Å²) in [4.78, 5) is 24.3. The molecule has 1 N–H and O–H groups in total. The third kappa shape index (κ3) is 8.65. The Morgan fingerprint density at radius 1 is 1.24 bits per heavy atom. The average molecular weight is 246 g/mol. The van der Waals surface area contributed by atoms with E-state index in [1.54, 1.807) is 7.11 Å². The molecule has 0 aromatic carbocycles. The molecule has 0 aromatic heterocycles. The van der Waals surface area contributed by atoms with Gasteiger partial charge in [-0.05, 0) is 6.92 Å². The Kier molecular flexibility index (Phi) is 9.37. The third-order valence-corrected chi connectivity index (χ3v) is 2.21. The molecule has 0 atom stereocenters. The number of amides is 1. The Balaban J connectivity index is 4.03. The van der Waals surface area contributed by atoms with Crippen molar-refractivity contribution in [2.45, 2.75) is 13.3 Å². The molecule has 0 bridgehead atoms. The van der Waals surface area contributed by atoms with Crippen LogP contribution in [0.4, 0.5) is 0 Å². The lowest BCUT2D eigenvalue weighted by molar-refractivity contribution is -0.141. The van der Waals surface area contributed by atoms with Crippen molar-refractivity contribution in [1.82, 2.24) is 10.2 Å². The second kappa shape index (κ2) is 10.0. The highest BCUT2D eigenvalue weighted by molar-refractivity contribution is 5.78. The van der Waals surface area contributed by atoms with Crippen molar-refractivity contribution >= 4 is 11.9 Å². The summed E-state index contributed by atoms with van der Waals surface area (Å²) in [6, 6.07) is 0. The number of carbonyl (C=O) groups excluding carboxylic acids is 2. The van der Waals surface area contributed by atoms with Crippen LogP contribution in [-0.2, 0) is 19.1 Å². The van der Waals surface area contributed by atoms with E-state index in [4.69, 9.17) is 4.74 Å². The summed E-state index contributed by atoms with van der Waals surface area (Å²) < 4.78 is 9.52. The van der Waals surface area contributed by atoms with Crippen LogP contribution in [0.25, 0.3) is 0 Å². The van der Waals surface area contributed by atoms with Gasteiger partial charge < -0.3 is 14.8 Å². The Labute approximate surface area is 102 Å². The molecule has 17 heavy (non-hydrogen) atoms. The van der Waals surface area contributed by atoms with Gasteiger partial charge in [0.15, 0.2) is 0 Å². The maximum absolute atomic E-state index is 11.4. The minimum absolute atomic E-state index is 0.0477. The molecule has 0 aliphatic carbocycles. The summed E-state index contributed by atoms with van der Waals surface area (Å²) in [6.07, 6.45) is 0.277. The first-order chi connectivity index (χ1) is 8.13. The minimum Gasteiger partial charge on any atom is -0.469 e. The van der Waals surface area contributed by atoms with Gasteiger partial charge in [0.1, 0.15) is 0 Å². The van der Waals surface area contributed by atoms with Gasteiger partial charge in [-0.2, -0.15) is 0 Å². The van der Waals surface area contributed by atoms with E-state index in [-0.39, 0.29) is 24.8 Å². The fourth-order valence-corrected chi connectivity index (χ4v) is 1.30. The van der Waals surface area contributed by atoms with E-state index < -0.39 is 0 Å². The maximum Gasteiger partial charge on any atom is 0.306 e. The van der Waals surface area contributed by atoms with E-state index in [1.165, 1.54) is 7.11 Å². The van der Waals surface area contributed by atoms with Crippen LogP contribution < -0.4 is 5.32 Å². The van der Waals surface area contributed by atoms with Crippen molar-refractivity contribution < 1.29 is 19.1 Å². The molecule has 0 spiro atoms. The number of likely N-dealkylation sites (N-methyl/N-ethyl adjacent to an activating group) is 1. The van der Waals surface area contributed by atoms with Crippen LogP contribution in [0.1, 0.15) is 13.3 Å². The first-order valence-corrected chi connectivity index (χ1v) is 5.68. The van der Waals surface area contributed by atoms with Gasteiger partial charge in [-0.1, -0.05) is 0 Å². The number of methoxy groups -OCH3 is 2. The van der Waals surface area contributed by atoms with Crippen molar-refractivity contribution in [1.29, 1.82) is 0 Å². The number of esters is 1. The van der Waals surface area contributed by atoms with Crippen molar-refractivity contribution in [3.8, 4) is 0 Å². The highest BCUT2D eigenvalue weighted by Crippen LogP contribution is 1.94. The van der Waals surface area contributed by atoms with E-state index in [0.717, 1.165) is 0 Å². The lowest BCUT2D eigenvalue weighted by atomic mass is 10.3. The van der Waals surface area contributed by atoms with Gasteiger partial charge in [0, 0.05) is 26.7 Å². The van der Waals surface area contributed by atoms with Gasteiger partial charge in [-0.3, -0.25) is 14.5 Å². The number of rotatable bonds is 9. The average Bonchev–Trinajstić information content (AvgIpc) is 2.32. The molecule has 0 heterocycles. The Morgan fingerprint density at radius 3 is 2.47 bits per heavy atom. The van der Waals surface area contributed by atoms with E-state index in [9.17, 15) is 9.59 Å². The molecule has 6 heteroatoms. The summed E-state index contributed by atoms with van der Waals surface area (Å²) in [5.41, 5.74) is 0. The molecule has 0 aliphatic rings. The largest absolute Gasteiger partial charge is 0.469 e. The van der Waals surface area contributed by atoms with Gasteiger partial charge in [0.2, 0.25) is 5.91 Å². The number of hydrogen-bond donors (Lipinski definition) is 1. The molecule has 1 amide bonds. The zero-order chi connectivity index (χ0) is 13.1. The fourth-order valence-electron chi connectivity index (χ4n) is 1.30. The predicted octanol–water partition coefficient (Wildman–Crippen LogP) is -0.366. The lowest BCUT2D eigenvalue weighted by Crippen LogP contribution is -2.39. The smallest absolute Gasteiger partial charge is 0.306 e. The van der Waals surface area contributed by atoms with Crippen LogP contribution in [0, 0.1) is 0 Å². The summed E-state index contributed by atoms with van der Waals surface area (Å²) in [7, 11) is 2.95. The van der Waals surface area contributed by atoms with Crippen LogP contribution >= 0.6 is 0 Å². The second-order valence-corrected chi connectivity index (χ2v) is 3.55. The Hall–Kier alpha value is -1.14. The third-order valence-electron chi connectivity index (χ3n) is 2.21. The van der Waals surface area contributed by atoms with Gasteiger partial charge in [-0.25, -0.2) is 0 Å². The molecule has 6 nitrogen and oxygen atoms in total. The molecule has 0 saturated heterocycles. The van der Waals surface area contributed by atoms with Crippen molar-refractivity contribution in [2.75, 3.05) is 47.0 Å². The van der Waals surface area contributed by atoms with Gasteiger partial charge in [0.05, 0.1) is 26.7 Å². The zero-order valence-electron chi connectivity index (χ0n) is 10.8. The SMILES string of the molecule is CCNC(=O)CN(CCOC)CCC(=O)OC. The first kappa shape index (κ1) is 15.9. The molecule has 100 valence electrons. The number of carbonyl (C=O) groups is 2. The molecule has 0 rings (SSSR count). The number of hydrogen-bond acceptors (Lipinski definition) is 5. The molecular formula is C11H22N2O4. The molecule has 0 saturated carbocycles. The molecule has 0 fully saturated rings. The van der Waals surface area contributed by atoms with Crippen LogP contribution in [0.3, 0.4) is 0 Å². The first-order valence-electron chi connectivity index (χ1n) is 5.68. The maximum atomic E-state index is 11.4. The van der Waals surface area contributed by atoms with Crippen molar-refractivity contribution in [3.05, 3.63) is 0 Å². The monoisotopic (exact) mass is 246 g/mol. The van der Waals surface area contributed by atoms with Crippen molar-refractivity contribution in [3.63, 3.8) is 0 Å². The number of nitrogens with zero attached hydrogens (tertiary/aromatic N) is 1. The number of ether oxygens (including phenoxy) is 2. The number of nitrogens with one attached hydrogen (secondary N) is 1. The van der Waals surface area contributed by atoms with Gasteiger partial charge in [0.25, 0.3) is 0 Å². The predicted molar refractivity (Wildman–Crippen MR) is 63.6 cm³/mol. The zero-order valence-corrected chi connectivity index (χ0v) is 10.8. The Bertz CT molecular complexity index is 234. The quantitative estimate of drug-likeness (QED) is 0.562. The molecule has 0 aliphatic heterocycles. The fraction of sp³-hybridized carbons (Fsp3) is 0.818. The van der Waals surface area contributed by atoms with Gasteiger partial charge >= 0.3 is 5.97 Å². The van der Waals surface area contributed by atoms with Crippen LogP contribution in [0.5, 0.6) is 0 Å². The standard InChI is InChI=1S/C11H22N2O4/c1-4-12-10(14)9-13(7-8-16-2)6-5-11(15)17-3/h4-9H2,1-3H3,(H,12,14). The Morgan fingerprint density at radius 2 is 1.94 bits per heavy atom. The highest BCUT2D eigenvalue weighted by atomic mass is 16.5. The normalized spacial score (nSPS) is 10.4. The minimum atomic E-state index is -0.275. The topological polar surface area (TPSA) is 67.9 Å². The molecular weight excluding hydrogens is 224 g/mol. The van der Waals surface area contributed by atoms with Gasteiger partial charge in [-0.15, -0.1) is 0 Å². The lowest BCUT2D eigenvalue weighted by Gasteiger charge is -2.20. The van der Waals surface area contributed by atoms with E-state index in [2.05, 4.69) is 10.1 Å². The molecule has 0 unspecified atom stereocenters. The molecule has 0 aromatic rings. The summed E-state index contributed by atoms with van der Waals surface area (Å²) in [6.45, 7) is 4.38. The van der Waals surface area contributed by atoms with Crippen LogP contribution in [-0.4, -0.2) is 63.8 Å².